The number of piperazine rings is 1. The monoisotopic (exact) mass is 510 g/mol. The molecule has 36 heavy (non-hydrogen) atoms. The van der Waals surface area contributed by atoms with Gasteiger partial charge in [0.15, 0.2) is 0 Å². The highest BCUT2D eigenvalue weighted by molar-refractivity contribution is 6.30. The van der Waals surface area contributed by atoms with Crippen LogP contribution in [0.4, 0.5) is 4.39 Å². The first-order valence-electron chi connectivity index (χ1n) is 11.7. The number of hydrogen-bond donors (Lipinski definition) is 0. The Morgan fingerprint density at radius 2 is 1.64 bits per heavy atom. The van der Waals surface area contributed by atoms with Gasteiger partial charge in [-0.1, -0.05) is 41.9 Å². The summed E-state index contributed by atoms with van der Waals surface area (Å²) in [6.07, 6.45) is -0.215. The quantitative estimate of drug-likeness (QED) is 0.400. The van der Waals surface area contributed by atoms with Crippen molar-refractivity contribution in [2.75, 3.05) is 39.8 Å². The van der Waals surface area contributed by atoms with E-state index in [0.717, 1.165) is 11.1 Å². The van der Waals surface area contributed by atoms with Gasteiger partial charge in [-0.2, -0.15) is 0 Å². The van der Waals surface area contributed by atoms with Crippen molar-refractivity contribution in [3.8, 4) is 0 Å². The number of hydrogen-bond acceptors (Lipinski definition) is 5. The Bertz CT molecular complexity index is 1180. The van der Waals surface area contributed by atoms with Crippen molar-refractivity contribution in [1.29, 1.82) is 0 Å². The van der Waals surface area contributed by atoms with Gasteiger partial charge in [-0.05, 0) is 53.6 Å². The average Bonchev–Trinajstić information content (AvgIpc) is 2.91. The molecule has 6 nitrogen and oxygen atoms in total. The Kier molecular flexibility index (Phi) is 8.70. The van der Waals surface area contributed by atoms with Gasteiger partial charge in [0.05, 0.1) is 25.4 Å². The van der Waals surface area contributed by atoms with Crippen LogP contribution in [-0.4, -0.2) is 61.5 Å². The lowest BCUT2D eigenvalue weighted by Crippen LogP contribution is -2.49. The van der Waals surface area contributed by atoms with Crippen LogP contribution < -0.4 is 0 Å². The van der Waals surface area contributed by atoms with Gasteiger partial charge in [0.1, 0.15) is 5.82 Å². The van der Waals surface area contributed by atoms with Gasteiger partial charge < -0.3 is 14.4 Å². The van der Waals surface area contributed by atoms with Crippen LogP contribution >= 0.6 is 11.6 Å². The van der Waals surface area contributed by atoms with Crippen molar-refractivity contribution < 1.29 is 23.5 Å². The number of esters is 1. The zero-order valence-electron chi connectivity index (χ0n) is 20.0. The van der Waals surface area contributed by atoms with Crippen molar-refractivity contribution in [1.82, 2.24) is 9.80 Å². The van der Waals surface area contributed by atoms with Gasteiger partial charge in [-0.15, -0.1) is 0 Å². The molecule has 0 spiro atoms. The summed E-state index contributed by atoms with van der Waals surface area (Å²) in [6, 6.07) is 20.5. The van der Waals surface area contributed by atoms with E-state index >= 15 is 0 Å². The van der Waals surface area contributed by atoms with E-state index in [-0.39, 0.29) is 18.0 Å². The fraction of sp³-hybridized carbons (Fsp3) is 0.286. The Morgan fingerprint density at radius 1 is 0.944 bits per heavy atom. The number of benzene rings is 3. The molecule has 1 amide bonds. The first-order valence-corrected chi connectivity index (χ1v) is 12.1. The van der Waals surface area contributed by atoms with Crippen LogP contribution in [0, 0.1) is 5.82 Å². The van der Waals surface area contributed by atoms with Gasteiger partial charge in [0.25, 0.3) is 5.91 Å². The van der Waals surface area contributed by atoms with Gasteiger partial charge in [0.2, 0.25) is 0 Å². The lowest BCUT2D eigenvalue weighted by molar-refractivity contribution is 0.00340. The van der Waals surface area contributed by atoms with E-state index in [1.54, 1.807) is 29.2 Å². The molecule has 188 valence electrons. The second-order valence-corrected chi connectivity index (χ2v) is 9.08. The molecule has 0 bridgehead atoms. The summed E-state index contributed by atoms with van der Waals surface area (Å²) in [5, 5.41) is 0.653. The fourth-order valence-corrected chi connectivity index (χ4v) is 4.28. The minimum atomic E-state index is -0.414. The molecular weight excluding hydrogens is 483 g/mol. The molecule has 0 radical (unpaired) electrons. The maximum Gasteiger partial charge on any atom is 0.337 e. The van der Waals surface area contributed by atoms with Gasteiger partial charge in [-0.25, -0.2) is 9.18 Å². The number of amides is 1. The molecule has 0 aromatic heterocycles. The molecule has 1 atom stereocenters. The average molecular weight is 511 g/mol. The first-order chi connectivity index (χ1) is 17.4. The maximum atomic E-state index is 13.5. The maximum absolute atomic E-state index is 13.5. The Labute approximate surface area is 215 Å². The number of methoxy groups -OCH3 is 1. The lowest BCUT2D eigenvalue weighted by atomic mass is 10.1. The Balaban J connectivity index is 1.38. The summed E-state index contributed by atoms with van der Waals surface area (Å²) in [5.41, 5.74) is 2.79. The molecule has 4 rings (SSSR count). The molecule has 3 aromatic rings. The van der Waals surface area contributed by atoms with E-state index in [1.165, 1.54) is 19.2 Å². The minimum absolute atomic E-state index is 0.157. The number of nitrogens with zero attached hydrogens (tertiary/aromatic N) is 2. The molecule has 0 unspecified atom stereocenters. The Hall–Kier alpha value is -3.26. The molecule has 1 fully saturated rings. The van der Waals surface area contributed by atoms with Crippen LogP contribution in [0.15, 0.2) is 72.8 Å². The second kappa shape index (κ2) is 12.1. The lowest BCUT2D eigenvalue weighted by Gasteiger charge is -2.36. The Morgan fingerprint density at radius 3 is 2.28 bits per heavy atom. The zero-order valence-corrected chi connectivity index (χ0v) is 20.8. The summed E-state index contributed by atoms with van der Waals surface area (Å²) >= 11 is 6.09. The molecular formula is C28H28ClFN2O4. The molecule has 0 N–H and O–H groups in total. The van der Waals surface area contributed by atoms with Crippen molar-refractivity contribution in [2.24, 2.45) is 0 Å². The predicted octanol–water partition coefficient (Wildman–Crippen LogP) is 4.98. The molecule has 8 heteroatoms. The van der Waals surface area contributed by atoms with Crippen LogP contribution in [0.5, 0.6) is 0 Å². The molecule has 0 saturated carbocycles. The zero-order chi connectivity index (χ0) is 25.5. The van der Waals surface area contributed by atoms with Gasteiger partial charge in [-0.3, -0.25) is 9.69 Å². The van der Waals surface area contributed by atoms with Crippen molar-refractivity contribution in [3.63, 3.8) is 0 Å². The van der Waals surface area contributed by atoms with Gasteiger partial charge in [0, 0.05) is 43.3 Å². The van der Waals surface area contributed by atoms with Crippen LogP contribution in [-0.2, 0) is 16.1 Å². The molecule has 1 aliphatic heterocycles. The smallest absolute Gasteiger partial charge is 0.337 e. The van der Waals surface area contributed by atoms with E-state index in [1.807, 2.05) is 36.4 Å². The SMILES string of the molecule is COC(=O)c1ccc(CO[C@@H](CN2CCN(C(=O)c3cccc(F)c3)CC2)c2ccc(Cl)cc2)cc1. The largest absolute Gasteiger partial charge is 0.465 e. The van der Waals surface area contributed by atoms with Crippen molar-refractivity contribution in [2.45, 2.75) is 12.7 Å². The number of carbonyl (C=O) groups excluding carboxylic acids is 2. The van der Waals surface area contributed by atoms with Crippen LogP contribution in [0.3, 0.4) is 0 Å². The van der Waals surface area contributed by atoms with E-state index < -0.39 is 5.82 Å². The van der Waals surface area contributed by atoms with E-state index in [9.17, 15) is 14.0 Å². The van der Waals surface area contributed by atoms with E-state index in [0.29, 0.717) is 55.5 Å². The third kappa shape index (κ3) is 6.69. The van der Waals surface area contributed by atoms with Crippen LogP contribution in [0.25, 0.3) is 0 Å². The van der Waals surface area contributed by atoms with E-state index in [4.69, 9.17) is 21.1 Å². The standard InChI is InChI=1S/C28H28ClFN2O4/c1-35-28(34)22-7-5-20(6-8-22)19-36-26(21-9-11-24(29)12-10-21)18-31-13-15-32(16-14-31)27(33)23-3-2-4-25(30)17-23/h2-12,17,26H,13-16,18-19H2,1H3/t26-/m0/s1. The number of carbonyl (C=O) groups is 2. The summed E-state index contributed by atoms with van der Waals surface area (Å²) in [6.45, 7) is 3.48. The highest BCUT2D eigenvalue weighted by atomic mass is 35.5. The normalized spacial score (nSPS) is 14.9. The van der Waals surface area contributed by atoms with Crippen molar-refractivity contribution in [3.05, 3.63) is 106 Å². The molecule has 0 aliphatic carbocycles. The first kappa shape index (κ1) is 25.8. The summed E-state index contributed by atoms with van der Waals surface area (Å²) in [7, 11) is 1.35. The highest BCUT2D eigenvalue weighted by Crippen LogP contribution is 2.24. The summed E-state index contributed by atoms with van der Waals surface area (Å²) in [5.74, 6) is -0.950. The summed E-state index contributed by atoms with van der Waals surface area (Å²) in [4.78, 5) is 28.4. The van der Waals surface area contributed by atoms with Crippen molar-refractivity contribution >= 4 is 23.5 Å². The second-order valence-electron chi connectivity index (χ2n) is 8.64. The summed E-state index contributed by atoms with van der Waals surface area (Å²) < 4.78 is 24.6. The van der Waals surface area contributed by atoms with E-state index in [2.05, 4.69) is 4.90 Å². The molecule has 3 aromatic carbocycles. The molecule has 1 saturated heterocycles. The number of ether oxygens (including phenoxy) is 2. The third-order valence-electron chi connectivity index (χ3n) is 6.22. The van der Waals surface area contributed by atoms with Crippen LogP contribution in [0.1, 0.15) is 37.9 Å². The number of rotatable bonds is 8. The predicted molar refractivity (Wildman–Crippen MR) is 136 cm³/mol. The number of halogens is 2. The fourth-order valence-electron chi connectivity index (χ4n) is 4.16. The molecule has 1 heterocycles. The third-order valence-corrected chi connectivity index (χ3v) is 6.48. The van der Waals surface area contributed by atoms with Gasteiger partial charge >= 0.3 is 5.97 Å². The topological polar surface area (TPSA) is 59.1 Å². The molecule has 1 aliphatic rings. The van der Waals surface area contributed by atoms with Crippen LogP contribution in [0.2, 0.25) is 5.02 Å². The highest BCUT2D eigenvalue weighted by Gasteiger charge is 2.25. The minimum Gasteiger partial charge on any atom is -0.465 e.